The van der Waals surface area contributed by atoms with Crippen molar-refractivity contribution in [3.63, 3.8) is 0 Å². The van der Waals surface area contributed by atoms with E-state index in [2.05, 4.69) is 10.1 Å². The number of anilines is 1. The molecule has 0 unspecified atom stereocenters. The molecular weight excluding hydrogens is 286 g/mol. The summed E-state index contributed by atoms with van der Waals surface area (Å²) < 4.78 is 34.7. The zero-order valence-corrected chi connectivity index (χ0v) is 11.1. The number of hydrogen-bond donors (Lipinski definition) is 3. The number of aromatic nitrogens is 3. The fourth-order valence-electron chi connectivity index (χ4n) is 2.53. The minimum absolute atomic E-state index is 0.0559. The Hall–Kier alpha value is -1.84. The van der Waals surface area contributed by atoms with Crippen LogP contribution in [0.5, 0.6) is 0 Å². The van der Waals surface area contributed by atoms with E-state index >= 15 is 0 Å². The Morgan fingerprint density at radius 1 is 1.57 bits per heavy atom. The number of halogens is 2. The summed E-state index contributed by atoms with van der Waals surface area (Å²) in [6.07, 6.45) is -3.55. The smallest absolute Gasteiger partial charge is 0.160 e. The number of aliphatic hydroxyl groups is 2. The Kier molecular flexibility index (Phi) is 3.08. The molecule has 1 saturated heterocycles. The van der Waals surface area contributed by atoms with Crippen molar-refractivity contribution in [3.05, 3.63) is 23.9 Å². The van der Waals surface area contributed by atoms with Crippen molar-refractivity contribution in [1.82, 2.24) is 14.6 Å². The van der Waals surface area contributed by atoms with Gasteiger partial charge >= 0.3 is 0 Å². The van der Waals surface area contributed by atoms with E-state index in [1.807, 2.05) is 0 Å². The van der Waals surface area contributed by atoms with E-state index in [0.29, 0.717) is 0 Å². The molecule has 0 bridgehead atoms. The van der Waals surface area contributed by atoms with E-state index in [0.717, 1.165) is 16.9 Å². The van der Waals surface area contributed by atoms with Gasteiger partial charge in [0.15, 0.2) is 17.8 Å². The topological polar surface area (TPSA) is 106 Å². The van der Waals surface area contributed by atoms with Gasteiger partial charge in [0.2, 0.25) is 0 Å². The molecule has 21 heavy (non-hydrogen) atoms. The lowest BCUT2D eigenvalue weighted by Gasteiger charge is -2.24. The fourth-order valence-corrected chi connectivity index (χ4v) is 2.53. The molecular formula is C12H14F2N4O3. The molecule has 2 aromatic heterocycles. The van der Waals surface area contributed by atoms with Crippen LogP contribution in [0.3, 0.4) is 0 Å². The molecule has 1 aliphatic rings. The third-order valence-corrected chi connectivity index (χ3v) is 3.78. The van der Waals surface area contributed by atoms with Crippen molar-refractivity contribution in [2.45, 2.75) is 30.9 Å². The van der Waals surface area contributed by atoms with Crippen molar-refractivity contribution in [2.75, 3.05) is 12.3 Å². The van der Waals surface area contributed by atoms with Crippen molar-refractivity contribution in [3.8, 4) is 0 Å². The molecule has 1 fully saturated rings. The minimum Gasteiger partial charge on any atom is -0.393 e. The zero-order chi connectivity index (χ0) is 15.4. The number of aliphatic hydroxyl groups excluding tert-OH is 2. The van der Waals surface area contributed by atoms with Crippen LogP contribution in [0.25, 0.3) is 5.52 Å². The highest BCUT2D eigenvalue weighted by Gasteiger charge is 2.53. The van der Waals surface area contributed by atoms with Crippen LogP contribution >= 0.6 is 0 Å². The van der Waals surface area contributed by atoms with E-state index in [9.17, 15) is 19.0 Å². The Morgan fingerprint density at radius 3 is 2.90 bits per heavy atom. The maximum Gasteiger partial charge on any atom is 0.160 e. The second-order valence-corrected chi connectivity index (χ2v) is 5.22. The lowest BCUT2D eigenvalue weighted by atomic mass is 9.98. The monoisotopic (exact) mass is 300 g/mol. The summed E-state index contributed by atoms with van der Waals surface area (Å²) in [5.74, 6) is -0.807. The summed E-state index contributed by atoms with van der Waals surface area (Å²) in [7, 11) is 0. The quantitative estimate of drug-likeness (QED) is 0.719. The highest BCUT2D eigenvalue weighted by molar-refractivity contribution is 5.66. The maximum atomic E-state index is 14.3. The van der Waals surface area contributed by atoms with E-state index < -0.39 is 36.4 Å². The molecule has 0 radical (unpaired) electrons. The normalized spacial score (nSPS) is 32.9. The van der Waals surface area contributed by atoms with Crippen LogP contribution < -0.4 is 5.73 Å². The summed E-state index contributed by atoms with van der Waals surface area (Å²) in [5.41, 5.74) is 4.07. The van der Waals surface area contributed by atoms with E-state index in [-0.39, 0.29) is 17.0 Å². The molecule has 2 aromatic rings. The summed E-state index contributed by atoms with van der Waals surface area (Å²) in [4.78, 5) is 3.67. The first-order valence-corrected chi connectivity index (χ1v) is 6.27. The molecule has 3 heterocycles. The molecule has 4 atom stereocenters. The second kappa shape index (κ2) is 4.58. The van der Waals surface area contributed by atoms with Gasteiger partial charge in [0, 0.05) is 6.07 Å². The molecule has 3 rings (SSSR count). The molecule has 0 aliphatic carbocycles. The van der Waals surface area contributed by atoms with Crippen LogP contribution in [0.2, 0.25) is 0 Å². The number of hydrogen-bond acceptors (Lipinski definition) is 6. The SMILES string of the molecule is C[C@]1(CO)O[C@@H](c2cc(F)c3c(N)ncnn23)[C@H](F)[C@@H]1O. The van der Waals surface area contributed by atoms with Gasteiger partial charge in [-0.3, -0.25) is 0 Å². The predicted octanol–water partition coefficient (Wildman–Crippen LogP) is -0.0281. The van der Waals surface area contributed by atoms with Crippen LogP contribution in [0.15, 0.2) is 12.4 Å². The molecule has 0 saturated carbocycles. The Bertz CT molecular complexity index is 694. The highest BCUT2D eigenvalue weighted by atomic mass is 19.1. The van der Waals surface area contributed by atoms with Gasteiger partial charge in [-0.1, -0.05) is 0 Å². The minimum atomic E-state index is -1.84. The number of nitrogen functional groups attached to an aromatic ring is 1. The summed E-state index contributed by atoms with van der Waals surface area (Å²) in [6, 6.07) is 1.04. The average molecular weight is 300 g/mol. The van der Waals surface area contributed by atoms with Crippen molar-refractivity contribution in [1.29, 1.82) is 0 Å². The Balaban J connectivity index is 2.12. The lowest BCUT2D eigenvalue weighted by Crippen LogP contribution is -2.42. The van der Waals surface area contributed by atoms with Gasteiger partial charge in [-0.2, -0.15) is 5.10 Å². The third kappa shape index (κ3) is 1.88. The first-order chi connectivity index (χ1) is 9.89. The molecule has 4 N–H and O–H groups in total. The largest absolute Gasteiger partial charge is 0.393 e. The molecule has 0 spiro atoms. The van der Waals surface area contributed by atoms with Gasteiger partial charge in [0.25, 0.3) is 0 Å². The summed E-state index contributed by atoms with van der Waals surface area (Å²) in [6.45, 7) is 0.799. The lowest BCUT2D eigenvalue weighted by molar-refractivity contribution is -0.100. The van der Waals surface area contributed by atoms with Crippen LogP contribution in [-0.2, 0) is 4.74 Å². The molecule has 9 heteroatoms. The molecule has 0 amide bonds. The van der Waals surface area contributed by atoms with Crippen LogP contribution in [0.1, 0.15) is 18.7 Å². The van der Waals surface area contributed by atoms with Gasteiger partial charge < -0.3 is 20.7 Å². The molecule has 1 aliphatic heterocycles. The third-order valence-electron chi connectivity index (χ3n) is 3.78. The summed E-state index contributed by atoms with van der Waals surface area (Å²) in [5, 5.41) is 23.0. The van der Waals surface area contributed by atoms with Gasteiger partial charge in [-0.05, 0) is 6.92 Å². The number of nitrogens with two attached hydrogens (primary N) is 1. The number of rotatable bonds is 2. The van der Waals surface area contributed by atoms with Gasteiger partial charge in [0.05, 0.1) is 12.3 Å². The van der Waals surface area contributed by atoms with Crippen molar-refractivity contribution >= 4 is 11.3 Å². The number of alkyl halides is 1. The Morgan fingerprint density at radius 2 is 2.29 bits per heavy atom. The van der Waals surface area contributed by atoms with Crippen molar-refractivity contribution < 1.29 is 23.7 Å². The second-order valence-electron chi connectivity index (χ2n) is 5.22. The average Bonchev–Trinajstić information content (AvgIpc) is 2.91. The van der Waals surface area contributed by atoms with Crippen LogP contribution in [-0.4, -0.2) is 49.3 Å². The molecule has 7 nitrogen and oxygen atoms in total. The zero-order valence-electron chi connectivity index (χ0n) is 11.1. The maximum absolute atomic E-state index is 14.3. The van der Waals surface area contributed by atoms with E-state index in [4.69, 9.17) is 10.5 Å². The van der Waals surface area contributed by atoms with E-state index in [1.165, 1.54) is 6.92 Å². The number of ether oxygens (including phenoxy) is 1. The fraction of sp³-hybridized carbons (Fsp3) is 0.500. The van der Waals surface area contributed by atoms with E-state index in [1.54, 1.807) is 0 Å². The first kappa shape index (κ1) is 14.1. The van der Waals surface area contributed by atoms with Crippen LogP contribution in [0, 0.1) is 5.82 Å². The van der Waals surface area contributed by atoms with Gasteiger partial charge in [-0.25, -0.2) is 18.3 Å². The number of nitrogens with zero attached hydrogens (tertiary/aromatic N) is 3. The number of fused-ring (bicyclic) bond motifs is 1. The van der Waals surface area contributed by atoms with Crippen molar-refractivity contribution in [2.24, 2.45) is 0 Å². The van der Waals surface area contributed by atoms with Gasteiger partial charge in [0.1, 0.15) is 29.7 Å². The Labute approximate surface area is 118 Å². The first-order valence-electron chi connectivity index (χ1n) is 6.27. The summed E-state index contributed by atoms with van der Waals surface area (Å²) >= 11 is 0. The predicted molar refractivity (Wildman–Crippen MR) is 67.6 cm³/mol. The van der Waals surface area contributed by atoms with Gasteiger partial charge in [-0.15, -0.1) is 0 Å². The standard InChI is InChI=1S/C12H14F2N4O3/c1-12(3-19)10(20)7(14)9(21-12)6-2-5(13)8-11(15)16-4-17-18(6)8/h2,4,7,9-10,19-20H,3H2,1H3,(H2,15,16,17)/t7-,9-,10-,12+/m0/s1. The van der Waals surface area contributed by atoms with Crippen LogP contribution in [0.4, 0.5) is 14.6 Å². The highest BCUT2D eigenvalue weighted by Crippen LogP contribution is 2.42. The molecule has 0 aromatic carbocycles. The molecule has 114 valence electrons.